The highest BCUT2D eigenvalue weighted by Gasteiger charge is 2.17. The molecular weight excluding hydrogens is 402 g/mol. The van der Waals surface area contributed by atoms with E-state index in [-0.39, 0.29) is 11.1 Å². The number of carbonyl (C=O) groups excluding carboxylic acids is 2. The van der Waals surface area contributed by atoms with Crippen molar-refractivity contribution in [2.45, 2.75) is 0 Å². The molecule has 4 aromatic rings. The standard InChI is InChI=1S/C22H17N3O4S/c1-28-21(26)14-8-15(22(27)29-2)10-16(9-14)25-19-18-17(13-6-4-3-5-7-13)11-30-20(18)24-12-23-19/h3-12H,1-2H3,(H,23,24,25). The van der Waals surface area contributed by atoms with E-state index in [1.807, 2.05) is 35.7 Å². The van der Waals surface area contributed by atoms with Crippen molar-refractivity contribution < 1.29 is 19.1 Å². The van der Waals surface area contributed by atoms with Crippen LogP contribution >= 0.6 is 11.3 Å². The molecule has 0 aliphatic carbocycles. The summed E-state index contributed by atoms with van der Waals surface area (Å²) < 4.78 is 9.60. The maximum atomic E-state index is 12.1. The number of hydrogen-bond acceptors (Lipinski definition) is 8. The Morgan fingerprint density at radius 3 is 2.23 bits per heavy atom. The fourth-order valence-corrected chi connectivity index (χ4v) is 4.02. The van der Waals surface area contributed by atoms with E-state index in [2.05, 4.69) is 15.3 Å². The molecule has 0 fully saturated rings. The first kappa shape index (κ1) is 19.5. The van der Waals surface area contributed by atoms with Crippen molar-refractivity contribution in [2.24, 2.45) is 0 Å². The first-order valence-corrected chi connectivity index (χ1v) is 9.85. The molecule has 0 aliphatic heterocycles. The minimum atomic E-state index is -0.558. The molecule has 7 nitrogen and oxygen atoms in total. The average Bonchev–Trinajstić information content (AvgIpc) is 3.23. The second-order valence-electron chi connectivity index (χ2n) is 6.33. The molecular formula is C22H17N3O4S. The Balaban J connectivity index is 1.82. The molecule has 0 radical (unpaired) electrons. The van der Waals surface area contributed by atoms with Gasteiger partial charge >= 0.3 is 11.9 Å². The van der Waals surface area contributed by atoms with Crippen LogP contribution in [0.4, 0.5) is 11.5 Å². The Kier molecular flexibility index (Phi) is 5.40. The highest BCUT2D eigenvalue weighted by atomic mass is 32.1. The Bertz CT molecular complexity index is 1200. The Hall–Kier alpha value is -3.78. The van der Waals surface area contributed by atoms with Gasteiger partial charge in [-0.05, 0) is 23.8 Å². The summed E-state index contributed by atoms with van der Waals surface area (Å²) in [7, 11) is 2.57. The molecule has 30 heavy (non-hydrogen) atoms. The lowest BCUT2D eigenvalue weighted by molar-refractivity contribution is 0.0599. The third-order valence-corrected chi connectivity index (χ3v) is 5.38. The number of aromatic nitrogens is 2. The lowest BCUT2D eigenvalue weighted by Gasteiger charge is -2.11. The predicted molar refractivity (Wildman–Crippen MR) is 115 cm³/mol. The van der Waals surface area contributed by atoms with E-state index in [1.54, 1.807) is 12.1 Å². The Morgan fingerprint density at radius 1 is 0.933 bits per heavy atom. The van der Waals surface area contributed by atoms with Crippen LogP contribution in [0.5, 0.6) is 0 Å². The minimum Gasteiger partial charge on any atom is -0.465 e. The number of hydrogen-bond donors (Lipinski definition) is 1. The predicted octanol–water partition coefficient (Wildman–Crippen LogP) is 4.68. The van der Waals surface area contributed by atoms with Gasteiger partial charge in [0.15, 0.2) is 0 Å². The van der Waals surface area contributed by atoms with Gasteiger partial charge in [0.25, 0.3) is 0 Å². The van der Waals surface area contributed by atoms with E-state index < -0.39 is 11.9 Å². The van der Waals surface area contributed by atoms with Gasteiger partial charge in [0.05, 0.1) is 30.7 Å². The number of anilines is 2. The number of nitrogens with zero attached hydrogens (tertiary/aromatic N) is 2. The summed E-state index contributed by atoms with van der Waals surface area (Å²) >= 11 is 1.52. The minimum absolute atomic E-state index is 0.224. The fraction of sp³-hybridized carbons (Fsp3) is 0.0909. The topological polar surface area (TPSA) is 90.4 Å². The largest absolute Gasteiger partial charge is 0.465 e. The van der Waals surface area contributed by atoms with Gasteiger partial charge in [-0.3, -0.25) is 0 Å². The zero-order valence-electron chi connectivity index (χ0n) is 16.2. The number of thiophene rings is 1. The number of nitrogens with one attached hydrogen (secondary N) is 1. The molecule has 0 amide bonds. The summed E-state index contributed by atoms with van der Waals surface area (Å²) in [6.07, 6.45) is 1.47. The lowest BCUT2D eigenvalue weighted by atomic mass is 10.1. The van der Waals surface area contributed by atoms with Crippen LogP contribution in [-0.2, 0) is 9.47 Å². The van der Waals surface area contributed by atoms with Gasteiger partial charge in [0, 0.05) is 16.6 Å². The number of rotatable bonds is 5. The Labute approximate surface area is 176 Å². The molecule has 2 aromatic carbocycles. The molecule has 2 aromatic heterocycles. The van der Waals surface area contributed by atoms with E-state index in [1.165, 1.54) is 38.0 Å². The van der Waals surface area contributed by atoms with Crippen LogP contribution in [0.1, 0.15) is 20.7 Å². The van der Waals surface area contributed by atoms with Crippen molar-refractivity contribution in [3.05, 3.63) is 71.4 Å². The van der Waals surface area contributed by atoms with E-state index in [0.717, 1.165) is 21.3 Å². The highest BCUT2D eigenvalue weighted by Crippen LogP contribution is 2.37. The first-order chi connectivity index (χ1) is 14.6. The zero-order chi connectivity index (χ0) is 21.1. The van der Waals surface area contributed by atoms with Crippen molar-refractivity contribution in [3.63, 3.8) is 0 Å². The van der Waals surface area contributed by atoms with Crippen LogP contribution in [0.3, 0.4) is 0 Å². The molecule has 0 aliphatic rings. The van der Waals surface area contributed by atoms with E-state index in [9.17, 15) is 9.59 Å². The summed E-state index contributed by atoms with van der Waals surface area (Å²) in [5, 5.41) is 6.11. The second-order valence-corrected chi connectivity index (χ2v) is 7.18. The van der Waals surface area contributed by atoms with Gasteiger partial charge in [-0.15, -0.1) is 11.3 Å². The monoisotopic (exact) mass is 419 g/mol. The first-order valence-electron chi connectivity index (χ1n) is 8.97. The average molecular weight is 419 g/mol. The van der Waals surface area contributed by atoms with E-state index in [0.29, 0.717) is 11.5 Å². The van der Waals surface area contributed by atoms with Gasteiger partial charge in [-0.1, -0.05) is 30.3 Å². The molecule has 2 heterocycles. The number of ether oxygens (including phenoxy) is 2. The van der Waals surface area contributed by atoms with Crippen molar-refractivity contribution in [2.75, 3.05) is 19.5 Å². The summed E-state index contributed by atoms with van der Waals surface area (Å²) in [6.45, 7) is 0. The molecule has 0 bridgehead atoms. The summed E-state index contributed by atoms with van der Waals surface area (Å²) in [4.78, 5) is 33.7. The van der Waals surface area contributed by atoms with Crippen LogP contribution in [0.25, 0.3) is 21.3 Å². The number of fused-ring (bicyclic) bond motifs is 1. The maximum Gasteiger partial charge on any atom is 0.337 e. The molecule has 0 saturated heterocycles. The smallest absolute Gasteiger partial charge is 0.337 e. The third-order valence-electron chi connectivity index (χ3n) is 4.49. The van der Waals surface area contributed by atoms with Crippen LogP contribution in [0, 0.1) is 0 Å². The SMILES string of the molecule is COC(=O)c1cc(Nc2ncnc3scc(-c4ccccc4)c23)cc(C(=O)OC)c1. The normalized spacial score (nSPS) is 10.6. The molecule has 0 spiro atoms. The maximum absolute atomic E-state index is 12.1. The van der Waals surface area contributed by atoms with Crippen LogP contribution in [0.2, 0.25) is 0 Å². The summed E-state index contributed by atoms with van der Waals surface area (Å²) in [5.74, 6) is -0.549. The van der Waals surface area contributed by atoms with E-state index >= 15 is 0 Å². The fourth-order valence-electron chi connectivity index (χ4n) is 3.11. The zero-order valence-corrected chi connectivity index (χ0v) is 17.0. The van der Waals surface area contributed by atoms with Gasteiger partial charge in [-0.2, -0.15) is 0 Å². The van der Waals surface area contributed by atoms with Gasteiger partial charge in [0.2, 0.25) is 0 Å². The molecule has 8 heteroatoms. The number of carbonyl (C=O) groups is 2. The molecule has 150 valence electrons. The van der Waals surface area contributed by atoms with Gasteiger partial charge in [-0.25, -0.2) is 19.6 Å². The van der Waals surface area contributed by atoms with Crippen molar-refractivity contribution >= 4 is 45.0 Å². The number of methoxy groups -OCH3 is 2. The molecule has 0 saturated carbocycles. The molecule has 0 atom stereocenters. The van der Waals surface area contributed by atoms with E-state index in [4.69, 9.17) is 9.47 Å². The van der Waals surface area contributed by atoms with Crippen molar-refractivity contribution in [1.29, 1.82) is 0 Å². The highest BCUT2D eigenvalue weighted by molar-refractivity contribution is 7.17. The number of esters is 2. The molecule has 4 rings (SSSR count). The van der Waals surface area contributed by atoms with Crippen molar-refractivity contribution in [1.82, 2.24) is 9.97 Å². The van der Waals surface area contributed by atoms with Crippen LogP contribution < -0.4 is 5.32 Å². The van der Waals surface area contributed by atoms with Crippen LogP contribution in [-0.4, -0.2) is 36.1 Å². The second kappa shape index (κ2) is 8.30. The Morgan fingerprint density at radius 2 is 1.60 bits per heavy atom. The quantitative estimate of drug-likeness (QED) is 0.470. The van der Waals surface area contributed by atoms with Crippen LogP contribution in [0.15, 0.2) is 60.2 Å². The summed E-state index contributed by atoms with van der Waals surface area (Å²) in [5.41, 5.74) is 2.99. The molecule has 1 N–H and O–H groups in total. The summed E-state index contributed by atoms with van der Waals surface area (Å²) in [6, 6.07) is 14.6. The van der Waals surface area contributed by atoms with Gasteiger partial charge < -0.3 is 14.8 Å². The lowest BCUT2D eigenvalue weighted by Crippen LogP contribution is -2.08. The third kappa shape index (κ3) is 3.72. The molecule has 0 unspecified atom stereocenters. The van der Waals surface area contributed by atoms with Gasteiger partial charge in [0.1, 0.15) is 17.0 Å². The number of benzene rings is 2. The van der Waals surface area contributed by atoms with Crippen molar-refractivity contribution in [3.8, 4) is 11.1 Å².